The summed E-state index contributed by atoms with van der Waals surface area (Å²) in [5.74, 6) is 0.153. The highest BCUT2D eigenvalue weighted by atomic mass is 16.2. The summed E-state index contributed by atoms with van der Waals surface area (Å²) < 4.78 is 0. The van der Waals surface area contributed by atoms with Crippen LogP contribution in [0.25, 0.3) is 0 Å². The van der Waals surface area contributed by atoms with Crippen molar-refractivity contribution >= 4 is 11.6 Å². The molecule has 1 N–H and O–H groups in total. The Balaban J connectivity index is 1.62. The summed E-state index contributed by atoms with van der Waals surface area (Å²) in [5, 5.41) is 3.37. The molecular weight excluding hydrogens is 288 g/mol. The van der Waals surface area contributed by atoms with E-state index in [0.717, 1.165) is 57.9 Å². The number of benzene rings is 1. The lowest BCUT2D eigenvalue weighted by atomic mass is 10.1. The number of piperazine rings is 2. The van der Waals surface area contributed by atoms with Gasteiger partial charge in [-0.15, -0.1) is 0 Å². The Morgan fingerprint density at radius 2 is 1.83 bits per heavy atom. The van der Waals surface area contributed by atoms with Gasteiger partial charge in [0.15, 0.2) is 0 Å². The van der Waals surface area contributed by atoms with E-state index >= 15 is 0 Å². The zero-order chi connectivity index (χ0) is 16.2. The van der Waals surface area contributed by atoms with Gasteiger partial charge in [0.2, 0.25) is 0 Å². The summed E-state index contributed by atoms with van der Waals surface area (Å²) in [4.78, 5) is 19.4. The van der Waals surface area contributed by atoms with Gasteiger partial charge in [0.1, 0.15) is 0 Å². The third kappa shape index (κ3) is 3.85. The minimum Gasteiger partial charge on any atom is -0.369 e. The fraction of sp³-hybridized carbons (Fsp3) is 0.611. The van der Waals surface area contributed by atoms with Gasteiger partial charge in [0.05, 0.1) is 0 Å². The molecule has 2 saturated heterocycles. The molecule has 1 amide bonds. The molecule has 3 rings (SSSR count). The molecule has 126 valence electrons. The van der Waals surface area contributed by atoms with Crippen LogP contribution in [0.3, 0.4) is 0 Å². The standard InChI is InChI=1S/C18H28N4O/c1-3-20-10-12-21(13-11-20)17-6-4-16(5-7-17)18(23)22-9-8-19-15(2)14-22/h4-7,15,19H,3,8-14H2,1-2H3/t15-/m0/s1. The van der Waals surface area contributed by atoms with Gasteiger partial charge in [-0.1, -0.05) is 6.92 Å². The van der Waals surface area contributed by atoms with Crippen molar-refractivity contribution in [1.82, 2.24) is 15.1 Å². The van der Waals surface area contributed by atoms with E-state index in [4.69, 9.17) is 0 Å². The van der Waals surface area contributed by atoms with Crippen molar-refractivity contribution in [3.8, 4) is 0 Å². The van der Waals surface area contributed by atoms with E-state index in [2.05, 4.69) is 41.1 Å². The number of amides is 1. The molecule has 2 aliphatic rings. The van der Waals surface area contributed by atoms with Crippen molar-refractivity contribution in [2.24, 2.45) is 0 Å². The van der Waals surface area contributed by atoms with Crippen molar-refractivity contribution in [2.45, 2.75) is 19.9 Å². The molecule has 1 atom stereocenters. The van der Waals surface area contributed by atoms with E-state index in [1.807, 2.05) is 17.0 Å². The van der Waals surface area contributed by atoms with Gasteiger partial charge in [-0.05, 0) is 37.7 Å². The van der Waals surface area contributed by atoms with Crippen LogP contribution in [0.1, 0.15) is 24.2 Å². The van der Waals surface area contributed by atoms with Crippen molar-refractivity contribution < 1.29 is 4.79 Å². The molecule has 0 radical (unpaired) electrons. The number of anilines is 1. The smallest absolute Gasteiger partial charge is 0.253 e. The van der Waals surface area contributed by atoms with Crippen LogP contribution in [0.4, 0.5) is 5.69 Å². The van der Waals surface area contributed by atoms with Gasteiger partial charge in [-0.2, -0.15) is 0 Å². The van der Waals surface area contributed by atoms with E-state index < -0.39 is 0 Å². The number of nitrogens with one attached hydrogen (secondary N) is 1. The highest BCUT2D eigenvalue weighted by Gasteiger charge is 2.22. The van der Waals surface area contributed by atoms with Crippen LogP contribution < -0.4 is 10.2 Å². The highest BCUT2D eigenvalue weighted by molar-refractivity contribution is 5.94. The predicted octanol–water partition coefficient (Wildman–Crippen LogP) is 1.26. The van der Waals surface area contributed by atoms with Crippen molar-refractivity contribution in [3.05, 3.63) is 29.8 Å². The van der Waals surface area contributed by atoms with Gasteiger partial charge < -0.3 is 20.0 Å². The Hall–Kier alpha value is -1.59. The van der Waals surface area contributed by atoms with Gasteiger partial charge in [0, 0.05) is 63.1 Å². The molecular formula is C18H28N4O. The van der Waals surface area contributed by atoms with Gasteiger partial charge >= 0.3 is 0 Å². The molecule has 0 aliphatic carbocycles. The van der Waals surface area contributed by atoms with Crippen LogP contribution in [0.2, 0.25) is 0 Å². The van der Waals surface area contributed by atoms with Crippen LogP contribution >= 0.6 is 0 Å². The minimum absolute atomic E-state index is 0.153. The van der Waals surface area contributed by atoms with Crippen LogP contribution in [-0.4, -0.2) is 74.1 Å². The summed E-state index contributed by atoms with van der Waals surface area (Å²) >= 11 is 0. The number of hydrogen-bond donors (Lipinski definition) is 1. The maximum atomic E-state index is 12.6. The Kier molecular flexibility index (Phi) is 5.18. The normalized spacial score (nSPS) is 23.1. The molecule has 2 fully saturated rings. The van der Waals surface area contributed by atoms with E-state index in [-0.39, 0.29) is 5.91 Å². The topological polar surface area (TPSA) is 38.8 Å². The van der Waals surface area contributed by atoms with Gasteiger partial charge in [-0.25, -0.2) is 0 Å². The Morgan fingerprint density at radius 3 is 2.43 bits per heavy atom. The molecule has 0 spiro atoms. The van der Waals surface area contributed by atoms with E-state index in [0.29, 0.717) is 6.04 Å². The van der Waals surface area contributed by atoms with Crippen LogP contribution in [0.15, 0.2) is 24.3 Å². The quantitative estimate of drug-likeness (QED) is 0.911. The third-order valence-electron chi connectivity index (χ3n) is 4.95. The van der Waals surface area contributed by atoms with Gasteiger partial charge in [0.25, 0.3) is 5.91 Å². The van der Waals surface area contributed by atoms with E-state index in [1.165, 1.54) is 5.69 Å². The average Bonchev–Trinajstić information content (AvgIpc) is 2.61. The van der Waals surface area contributed by atoms with Crippen LogP contribution in [0, 0.1) is 0 Å². The molecule has 0 unspecified atom stereocenters. The monoisotopic (exact) mass is 316 g/mol. The number of hydrogen-bond acceptors (Lipinski definition) is 4. The fourth-order valence-corrected chi connectivity index (χ4v) is 3.44. The first kappa shape index (κ1) is 16.3. The zero-order valence-corrected chi connectivity index (χ0v) is 14.3. The first-order chi connectivity index (χ1) is 11.2. The minimum atomic E-state index is 0.153. The number of likely N-dealkylation sites (N-methyl/N-ethyl adjacent to an activating group) is 1. The summed E-state index contributed by atoms with van der Waals surface area (Å²) in [6, 6.07) is 8.54. The first-order valence-electron chi connectivity index (χ1n) is 8.77. The number of rotatable bonds is 3. The van der Waals surface area contributed by atoms with Crippen molar-refractivity contribution in [3.63, 3.8) is 0 Å². The second-order valence-electron chi connectivity index (χ2n) is 6.57. The second-order valence-corrected chi connectivity index (χ2v) is 6.57. The molecule has 0 saturated carbocycles. The molecule has 0 bridgehead atoms. The average molecular weight is 316 g/mol. The lowest BCUT2D eigenvalue weighted by Gasteiger charge is -2.35. The number of carbonyl (C=O) groups excluding carboxylic acids is 1. The molecule has 0 aromatic heterocycles. The SMILES string of the molecule is CCN1CCN(c2ccc(C(=O)N3CCN[C@@H](C)C3)cc2)CC1. The second kappa shape index (κ2) is 7.32. The number of nitrogens with zero attached hydrogens (tertiary/aromatic N) is 3. The largest absolute Gasteiger partial charge is 0.369 e. The first-order valence-corrected chi connectivity index (χ1v) is 8.77. The highest BCUT2D eigenvalue weighted by Crippen LogP contribution is 2.18. The lowest BCUT2D eigenvalue weighted by Crippen LogP contribution is -2.51. The lowest BCUT2D eigenvalue weighted by molar-refractivity contribution is 0.0709. The number of carbonyl (C=O) groups is 1. The molecule has 23 heavy (non-hydrogen) atoms. The van der Waals surface area contributed by atoms with Crippen LogP contribution in [-0.2, 0) is 0 Å². The van der Waals surface area contributed by atoms with E-state index in [1.54, 1.807) is 0 Å². The molecule has 2 aliphatic heterocycles. The summed E-state index contributed by atoms with van der Waals surface area (Å²) in [6.07, 6.45) is 0. The molecule has 5 nitrogen and oxygen atoms in total. The summed E-state index contributed by atoms with van der Waals surface area (Å²) in [5.41, 5.74) is 2.03. The summed E-state index contributed by atoms with van der Waals surface area (Å²) in [6.45, 7) is 12.3. The van der Waals surface area contributed by atoms with Gasteiger partial charge in [-0.3, -0.25) is 4.79 Å². The molecule has 2 heterocycles. The molecule has 5 heteroatoms. The maximum Gasteiger partial charge on any atom is 0.253 e. The Morgan fingerprint density at radius 1 is 1.13 bits per heavy atom. The van der Waals surface area contributed by atoms with Crippen molar-refractivity contribution in [2.75, 3.05) is 57.3 Å². The fourth-order valence-electron chi connectivity index (χ4n) is 3.44. The Bertz CT molecular complexity index is 522. The molecule has 1 aromatic carbocycles. The predicted molar refractivity (Wildman–Crippen MR) is 94.1 cm³/mol. The third-order valence-corrected chi connectivity index (χ3v) is 4.95. The van der Waals surface area contributed by atoms with Crippen molar-refractivity contribution in [1.29, 1.82) is 0 Å². The zero-order valence-electron chi connectivity index (χ0n) is 14.3. The maximum absolute atomic E-state index is 12.6. The van der Waals surface area contributed by atoms with Crippen LogP contribution in [0.5, 0.6) is 0 Å². The summed E-state index contributed by atoms with van der Waals surface area (Å²) in [7, 11) is 0. The Labute approximate surface area is 139 Å². The molecule has 1 aromatic rings. The van der Waals surface area contributed by atoms with E-state index in [9.17, 15) is 4.79 Å².